The van der Waals surface area contributed by atoms with E-state index in [9.17, 15) is 4.79 Å². The molecule has 0 aliphatic carbocycles. The molecule has 0 aromatic carbocycles. The number of carbonyl (C=O) groups excluding carboxylic acids is 1. The molecule has 1 aromatic heterocycles. The molecule has 1 aliphatic heterocycles. The minimum absolute atomic E-state index is 0. The van der Waals surface area contributed by atoms with Crippen molar-refractivity contribution in [2.24, 2.45) is 0 Å². The standard InChI is InChI=1S/C14H20N2O3.2ClH/c1-3-18-14(17)11-7-13(9-15-8-11)19-10-12-5-4-6-16(12)2;;/h7-9,12H,3-6,10H2,1-2H3;2*1H/t12-;;/m0../s1. The first-order valence-corrected chi connectivity index (χ1v) is 6.66. The molecule has 21 heavy (non-hydrogen) atoms. The highest BCUT2D eigenvalue weighted by Crippen LogP contribution is 2.18. The molecule has 120 valence electrons. The van der Waals surface area contributed by atoms with E-state index in [2.05, 4.69) is 16.9 Å². The van der Waals surface area contributed by atoms with Crippen molar-refractivity contribution in [3.8, 4) is 5.75 Å². The van der Waals surface area contributed by atoms with E-state index in [-0.39, 0.29) is 30.8 Å². The third-order valence-electron chi connectivity index (χ3n) is 3.34. The molecule has 0 bridgehead atoms. The second-order valence-corrected chi connectivity index (χ2v) is 4.72. The first kappa shape index (κ1) is 20.0. The Morgan fingerprint density at radius 2 is 2.19 bits per heavy atom. The fourth-order valence-electron chi connectivity index (χ4n) is 2.21. The maximum atomic E-state index is 11.6. The summed E-state index contributed by atoms with van der Waals surface area (Å²) in [6.07, 6.45) is 5.48. The van der Waals surface area contributed by atoms with E-state index in [1.54, 1.807) is 19.2 Å². The summed E-state index contributed by atoms with van der Waals surface area (Å²) in [6, 6.07) is 2.13. The minimum atomic E-state index is -0.363. The van der Waals surface area contributed by atoms with Gasteiger partial charge in [-0.15, -0.1) is 24.8 Å². The van der Waals surface area contributed by atoms with Crippen molar-refractivity contribution in [1.82, 2.24) is 9.88 Å². The molecule has 2 rings (SSSR count). The van der Waals surface area contributed by atoms with Gasteiger partial charge in [0, 0.05) is 12.2 Å². The number of esters is 1. The average molecular weight is 337 g/mol. The first-order valence-electron chi connectivity index (χ1n) is 6.66. The number of likely N-dealkylation sites (N-methyl/N-ethyl adjacent to an activating group) is 1. The van der Waals surface area contributed by atoms with Gasteiger partial charge in [-0.2, -0.15) is 0 Å². The van der Waals surface area contributed by atoms with Crippen molar-refractivity contribution < 1.29 is 14.3 Å². The number of ether oxygens (including phenoxy) is 2. The average Bonchev–Trinajstić information content (AvgIpc) is 2.82. The summed E-state index contributed by atoms with van der Waals surface area (Å²) in [5, 5.41) is 0. The Morgan fingerprint density at radius 1 is 1.43 bits per heavy atom. The van der Waals surface area contributed by atoms with Crippen LogP contribution in [0.4, 0.5) is 0 Å². The van der Waals surface area contributed by atoms with E-state index in [1.165, 1.54) is 12.6 Å². The van der Waals surface area contributed by atoms with Gasteiger partial charge in [0.1, 0.15) is 12.4 Å². The predicted octanol–water partition coefficient (Wildman–Crippen LogP) is 2.57. The number of rotatable bonds is 5. The second kappa shape index (κ2) is 9.82. The highest BCUT2D eigenvalue weighted by atomic mass is 35.5. The van der Waals surface area contributed by atoms with Gasteiger partial charge in [-0.1, -0.05) is 0 Å². The first-order chi connectivity index (χ1) is 9.20. The number of hydrogen-bond donors (Lipinski definition) is 0. The summed E-state index contributed by atoms with van der Waals surface area (Å²) in [7, 11) is 2.11. The lowest BCUT2D eigenvalue weighted by Crippen LogP contribution is -2.30. The van der Waals surface area contributed by atoms with Crippen molar-refractivity contribution in [1.29, 1.82) is 0 Å². The van der Waals surface area contributed by atoms with E-state index >= 15 is 0 Å². The van der Waals surface area contributed by atoms with Gasteiger partial charge < -0.3 is 14.4 Å². The molecule has 0 spiro atoms. The number of pyridine rings is 1. The number of likely N-dealkylation sites (tertiary alicyclic amines) is 1. The van der Waals surface area contributed by atoms with Crippen molar-refractivity contribution >= 4 is 30.8 Å². The Hall–Kier alpha value is -1.04. The Kier molecular flexibility index (Phi) is 9.33. The minimum Gasteiger partial charge on any atom is -0.490 e. The predicted molar refractivity (Wildman–Crippen MR) is 85.8 cm³/mol. The molecule has 1 fully saturated rings. The van der Waals surface area contributed by atoms with Crippen LogP contribution in [0.5, 0.6) is 5.75 Å². The molecule has 0 N–H and O–H groups in total. The molecule has 0 saturated carbocycles. The number of nitrogens with zero attached hydrogens (tertiary/aromatic N) is 2. The molecule has 1 atom stereocenters. The zero-order valence-corrected chi connectivity index (χ0v) is 13.9. The quantitative estimate of drug-likeness (QED) is 0.773. The zero-order chi connectivity index (χ0) is 13.7. The molecular formula is C14H22Cl2N2O3. The Balaban J connectivity index is 0.00000200. The van der Waals surface area contributed by atoms with Gasteiger partial charge in [-0.25, -0.2) is 4.79 Å². The van der Waals surface area contributed by atoms with E-state index in [1.807, 2.05) is 0 Å². The van der Waals surface area contributed by atoms with Crippen molar-refractivity contribution in [3.63, 3.8) is 0 Å². The van der Waals surface area contributed by atoms with Gasteiger partial charge in [-0.05, 0) is 39.4 Å². The van der Waals surface area contributed by atoms with Gasteiger partial charge in [0.15, 0.2) is 0 Å². The summed E-state index contributed by atoms with van der Waals surface area (Å²) >= 11 is 0. The van der Waals surface area contributed by atoms with E-state index in [4.69, 9.17) is 9.47 Å². The monoisotopic (exact) mass is 336 g/mol. The lowest BCUT2D eigenvalue weighted by molar-refractivity contribution is 0.0525. The molecular weight excluding hydrogens is 315 g/mol. The van der Waals surface area contributed by atoms with E-state index in [0.717, 1.165) is 13.0 Å². The third-order valence-corrected chi connectivity index (χ3v) is 3.34. The maximum absolute atomic E-state index is 11.6. The van der Waals surface area contributed by atoms with Crippen LogP contribution in [0.15, 0.2) is 18.5 Å². The zero-order valence-electron chi connectivity index (χ0n) is 12.3. The smallest absolute Gasteiger partial charge is 0.339 e. The number of hydrogen-bond acceptors (Lipinski definition) is 5. The van der Waals surface area contributed by atoms with Crippen LogP contribution >= 0.6 is 24.8 Å². The van der Waals surface area contributed by atoms with Crippen LogP contribution in [0, 0.1) is 0 Å². The maximum Gasteiger partial charge on any atom is 0.339 e. The summed E-state index contributed by atoms with van der Waals surface area (Å²) in [6.45, 7) is 3.89. The van der Waals surface area contributed by atoms with Gasteiger partial charge >= 0.3 is 5.97 Å². The summed E-state index contributed by atoms with van der Waals surface area (Å²) in [4.78, 5) is 17.9. The van der Waals surface area contributed by atoms with Gasteiger partial charge in [-0.3, -0.25) is 4.98 Å². The van der Waals surface area contributed by atoms with Crippen LogP contribution < -0.4 is 4.74 Å². The molecule has 0 amide bonds. The van der Waals surface area contributed by atoms with Crippen molar-refractivity contribution in [2.45, 2.75) is 25.8 Å². The lowest BCUT2D eigenvalue weighted by Gasteiger charge is -2.19. The highest BCUT2D eigenvalue weighted by Gasteiger charge is 2.21. The summed E-state index contributed by atoms with van der Waals surface area (Å²) in [5.74, 6) is 0.254. The molecule has 0 radical (unpaired) electrons. The SMILES string of the molecule is CCOC(=O)c1cncc(OC[C@@H]2CCCN2C)c1.Cl.Cl. The topological polar surface area (TPSA) is 51.7 Å². The van der Waals surface area contributed by atoms with Crippen LogP contribution in [0.2, 0.25) is 0 Å². The summed E-state index contributed by atoms with van der Waals surface area (Å²) in [5.41, 5.74) is 0.430. The second-order valence-electron chi connectivity index (χ2n) is 4.72. The van der Waals surface area contributed by atoms with Crippen molar-refractivity contribution in [3.05, 3.63) is 24.0 Å². The Labute approximate surface area is 137 Å². The van der Waals surface area contributed by atoms with E-state index < -0.39 is 0 Å². The van der Waals surface area contributed by atoms with Crippen LogP contribution in [0.3, 0.4) is 0 Å². The largest absolute Gasteiger partial charge is 0.490 e. The van der Waals surface area contributed by atoms with Crippen molar-refractivity contribution in [2.75, 3.05) is 26.8 Å². The van der Waals surface area contributed by atoms with Crippen LogP contribution in [-0.4, -0.2) is 48.7 Å². The summed E-state index contributed by atoms with van der Waals surface area (Å²) < 4.78 is 10.7. The van der Waals surface area contributed by atoms with Crippen LogP contribution in [0.1, 0.15) is 30.1 Å². The molecule has 1 aliphatic rings. The molecule has 7 heteroatoms. The fraction of sp³-hybridized carbons (Fsp3) is 0.571. The van der Waals surface area contributed by atoms with E-state index in [0.29, 0.717) is 30.6 Å². The molecule has 0 unspecified atom stereocenters. The van der Waals surface area contributed by atoms with Gasteiger partial charge in [0.2, 0.25) is 0 Å². The number of aromatic nitrogens is 1. The highest BCUT2D eigenvalue weighted by molar-refractivity contribution is 5.89. The Morgan fingerprint density at radius 3 is 2.81 bits per heavy atom. The lowest BCUT2D eigenvalue weighted by atomic mass is 10.2. The molecule has 1 aromatic rings. The normalized spacial score (nSPS) is 17.5. The third kappa shape index (κ3) is 5.69. The molecule has 1 saturated heterocycles. The van der Waals surface area contributed by atoms with Gasteiger partial charge in [0.25, 0.3) is 0 Å². The Bertz CT molecular complexity index is 446. The fourth-order valence-corrected chi connectivity index (χ4v) is 2.21. The molecule has 5 nitrogen and oxygen atoms in total. The van der Waals surface area contributed by atoms with Gasteiger partial charge in [0.05, 0.1) is 18.4 Å². The molecule has 2 heterocycles. The van der Waals surface area contributed by atoms with Crippen LogP contribution in [0.25, 0.3) is 0 Å². The number of halogens is 2. The van der Waals surface area contributed by atoms with Crippen LogP contribution in [-0.2, 0) is 4.74 Å². The number of carbonyl (C=O) groups is 1.